The Labute approximate surface area is 93.8 Å². The molecule has 1 atom stereocenters. The van der Waals surface area contributed by atoms with Gasteiger partial charge in [-0.15, -0.1) is 0 Å². The van der Waals surface area contributed by atoms with Crippen LogP contribution in [-0.4, -0.2) is 37.6 Å². The molecule has 0 saturated carbocycles. The van der Waals surface area contributed by atoms with Crippen LogP contribution in [0.15, 0.2) is 0 Å². The molecule has 0 aliphatic rings. The fourth-order valence-electron chi connectivity index (χ4n) is 1.42. The molecule has 0 fully saturated rings. The summed E-state index contributed by atoms with van der Waals surface area (Å²) >= 11 is 0. The van der Waals surface area contributed by atoms with E-state index in [2.05, 4.69) is 13.8 Å². The third kappa shape index (κ3) is 11.8. The Morgan fingerprint density at radius 1 is 1.07 bits per heavy atom. The maximum Gasteiger partial charge on any atom is 0.0704 e. The molecule has 3 nitrogen and oxygen atoms in total. The number of rotatable bonds is 11. The molecule has 1 unspecified atom stereocenters. The second kappa shape index (κ2) is 12.0. The van der Waals surface area contributed by atoms with Crippen LogP contribution in [0, 0.1) is 0 Å². The van der Waals surface area contributed by atoms with Crippen LogP contribution >= 0.6 is 0 Å². The minimum absolute atomic E-state index is 0.0899. The van der Waals surface area contributed by atoms with E-state index in [0.29, 0.717) is 25.9 Å². The van der Waals surface area contributed by atoms with Crippen LogP contribution in [0.1, 0.15) is 46.0 Å². The highest BCUT2D eigenvalue weighted by atomic mass is 16.5. The van der Waals surface area contributed by atoms with Gasteiger partial charge in [-0.1, -0.05) is 32.6 Å². The number of hydrogen-bond donors (Lipinski definition) is 1. The molecule has 0 bridgehead atoms. The highest BCUT2D eigenvalue weighted by Crippen LogP contribution is 2.07. The van der Waals surface area contributed by atoms with Gasteiger partial charge in [-0.3, -0.25) is 0 Å². The molecule has 0 aromatic rings. The summed E-state index contributed by atoms with van der Waals surface area (Å²) in [5, 5.41) is 8.48. The highest BCUT2D eigenvalue weighted by molar-refractivity contribution is 4.51. The zero-order valence-electron chi connectivity index (χ0n) is 10.2. The van der Waals surface area contributed by atoms with Gasteiger partial charge in [0.05, 0.1) is 32.5 Å². The fraction of sp³-hybridized carbons (Fsp3) is 1.00. The molecule has 0 saturated heterocycles. The van der Waals surface area contributed by atoms with Crippen LogP contribution in [0.25, 0.3) is 0 Å². The van der Waals surface area contributed by atoms with E-state index >= 15 is 0 Å². The Kier molecular flexibility index (Phi) is 11.9. The summed E-state index contributed by atoms with van der Waals surface area (Å²) in [7, 11) is 0. The van der Waals surface area contributed by atoms with E-state index in [1.807, 2.05) is 0 Å². The minimum atomic E-state index is 0.0899. The molecule has 0 aliphatic heterocycles. The molecular weight excluding hydrogens is 192 g/mol. The molecule has 1 N–H and O–H groups in total. The van der Waals surface area contributed by atoms with E-state index in [-0.39, 0.29) is 6.61 Å². The van der Waals surface area contributed by atoms with Gasteiger partial charge < -0.3 is 14.6 Å². The minimum Gasteiger partial charge on any atom is -0.394 e. The van der Waals surface area contributed by atoms with E-state index in [1.165, 1.54) is 25.7 Å². The van der Waals surface area contributed by atoms with E-state index in [9.17, 15) is 0 Å². The normalized spacial score (nSPS) is 13.0. The average Bonchev–Trinajstić information content (AvgIpc) is 2.24. The largest absolute Gasteiger partial charge is 0.394 e. The van der Waals surface area contributed by atoms with Crippen molar-refractivity contribution >= 4 is 0 Å². The van der Waals surface area contributed by atoms with Crippen molar-refractivity contribution < 1.29 is 14.6 Å². The van der Waals surface area contributed by atoms with Crippen molar-refractivity contribution in [3.63, 3.8) is 0 Å². The third-order valence-corrected chi connectivity index (χ3v) is 2.33. The molecule has 0 heterocycles. The van der Waals surface area contributed by atoms with Crippen molar-refractivity contribution in [3.05, 3.63) is 0 Å². The summed E-state index contributed by atoms with van der Waals surface area (Å²) in [5.41, 5.74) is 0. The van der Waals surface area contributed by atoms with Crippen molar-refractivity contribution in [2.24, 2.45) is 0 Å². The topological polar surface area (TPSA) is 38.7 Å². The first kappa shape index (κ1) is 14.9. The zero-order chi connectivity index (χ0) is 11.4. The lowest BCUT2D eigenvalue weighted by molar-refractivity contribution is 0.000791. The molecule has 0 aromatic heterocycles. The lowest BCUT2D eigenvalue weighted by Gasteiger charge is -2.12. The summed E-state index contributed by atoms with van der Waals surface area (Å²) in [4.78, 5) is 0. The summed E-state index contributed by atoms with van der Waals surface area (Å²) in [6.07, 6.45) is 6.65. The maximum atomic E-state index is 8.48. The second-order valence-electron chi connectivity index (χ2n) is 3.87. The number of ether oxygens (including phenoxy) is 2. The van der Waals surface area contributed by atoms with Crippen molar-refractivity contribution in [1.29, 1.82) is 0 Å². The quantitative estimate of drug-likeness (QED) is 0.541. The van der Waals surface area contributed by atoms with E-state index < -0.39 is 0 Å². The Morgan fingerprint density at radius 3 is 2.53 bits per heavy atom. The van der Waals surface area contributed by atoms with Gasteiger partial charge >= 0.3 is 0 Å². The second-order valence-corrected chi connectivity index (χ2v) is 3.87. The average molecular weight is 218 g/mol. The van der Waals surface area contributed by atoms with Gasteiger partial charge in [0, 0.05) is 0 Å². The smallest absolute Gasteiger partial charge is 0.0704 e. The molecule has 0 amide bonds. The number of hydrogen-bond acceptors (Lipinski definition) is 3. The molecule has 0 aliphatic carbocycles. The molecule has 0 aromatic carbocycles. The molecule has 0 rings (SSSR count). The summed E-state index contributed by atoms with van der Waals surface area (Å²) < 4.78 is 10.7. The van der Waals surface area contributed by atoms with Crippen molar-refractivity contribution in [2.75, 3.05) is 26.4 Å². The van der Waals surface area contributed by atoms with Crippen LogP contribution in [0.3, 0.4) is 0 Å². The number of aliphatic hydroxyl groups excluding tert-OH is 1. The number of unbranched alkanes of at least 4 members (excludes halogenated alkanes) is 3. The van der Waals surface area contributed by atoms with E-state index in [4.69, 9.17) is 14.6 Å². The van der Waals surface area contributed by atoms with Crippen molar-refractivity contribution in [2.45, 2.75) is 52.1 Å². The summed E-state index contributed by atoms with van der Waals surface area (Å²) in [6.45, 7) is 6.05. The van der Waals surface area contributed by atoms with Crippen molar-refractivity contribution in [1.82, 2.24) is 0 Å². The molecule has 3 heteroatoms. The predicted octanol–water partition coefficient (Wildman–Crippen LogP) is 2.37. The molecular formula is C12H26O3. The van der Waals surface area contributed by atoms with Gasteiger partial charge in [0.25, 0.3) is 0 Å². The fourth-order valence-corrected chi connectivity index (χ4v) is 1.42. The van der Waals surface area contributed by atoms with Crippen LogP contribution < -0.4 is 0 Å². The lowest BCUT2D eigenvalue weighted by Crippen LogP contribution is -2.13. The highest BCUT2D eigenvalue weighted by Gasteiger charge is 2.01. The molecule has 92 valence electrons. The van der Waals surface area contributed by atoms with Gasteiger partial charge in [0.15, 0.2) is 0 Å². The first-order valence-electron chi connectivity index (χ1n) is 6.11. The first-order valence-corrected chi connectivity index (χ1v) is 6.11. The van der Waals surface area contributed by atoms with Gasteiger partial charge in [0.2, 0.25) is 0 Å². The SMILES string of the molecule is CCCCCCC(C)OCCOCCO. The Morgan fingerprint density at radius 2 is 1.87 bits per heavy atom. The zero-order valence-corrected chi connectivity index (χ0v) is 10.2. The van der Waals surface area contributed by atoms with Gasteiger partial charge in [-0.2, -0.15) is 0 Å². The summed E-state index contributed by atoms with van der Waals surface area (Å²) in [5.74, 6) is 0. The van der Waals surface area contributed by atoms with E-state index in [0.717, 1.165) is 6.42 Å². The van der Waals surface area contributed by atoms with Crippen LogP contribution in [0.2, 0.25) is 0 Å². The van der Waals surface area contributed by atoms with Crippen molar-refractivity contribution in [3.8, 4) is 0 Å². The maximum absolute atomic E-state index is 8.48. The van der Waals surface area contributed by atoms with Gasteiger partial charge in [0.1, 0.15) is 0 Å². The molecule has 15 heavy (non-hydrogen) atoms. The monoisotopic (exact) mass is 218 g/mol. The predicted molar refractivity (Wildman–Crippen MR) is 62.1 cm³/mol. The van der Waals surface area contributed by atoms with Crippen LogP contribution in [0.5, 0.6) is 0 Å². The number of aliphatic hydroxyl groups is 1. The molecule has 0 radical (unpaired) electrons. The van der Waals surface area contributed by atoms with Gasteiger partial charge in [-0.25, -0.2) is 0 Å². The van der Waals surface area contributed by atoms with Gasteiger partial charge in [-0.05, 0) is 13.3 Å². The molecule has 0 spiro atoms. The third-order valence-electron chi connectivity index (χ3n) is 2.33. The lowest BCUT2D eigenvalue weighted by atomic mass is 10.1. The Balaban J connectivity index is 3.08. The summed E-state index contributed by atoms with van der Waals surface area (Å²) in [6, 6.07) is 0. The Hall–Kier alpha value is -0.120. The van der Waals surface area contributed by atoms with E-state index in [1.54, 1.807) is 0 Å². The standard InChI is InChI=1S/C12H26O3/c1-3-4-5-6-7-12(2)15-11-10-14-9-8-13/h12-13H,3-11H2,1-2H3. The first-order chi connectivity index (χ1) is 7.31. The van der Waals surface area contributed by atoms with Crippen LogP contribution in [-0.2, 0) is 9.47 Å². The van der Waals surface area contributed by atoms with Crippen LogP contribution in [0.4, 0.5) is 0 Å². The Bertz CT molecular complexity index is 117.